The number of anilines is 2. The van der Waals surface area contributed by atoms with E-state index in [1.54, 1.807) is 4.90 Å². The van der Waals surface area contributed by atoms with Gasteiger partial charge in [0.1, 0.15) is 0 Å². The van der Waals surface area contributed by atoms with Gasteiger partial charge in [0.25, 0.3) is 0 Å². The molecule has 0 unspecified atom stereocenters. The summed E-state index contributed by atoms with van der Waals surface area (Å²) in [4.78, 5) is 29.0. The monoisotopic (exact) mass is 320 g/mol. The highest BCUT2D eigenvalue weighted by Gasteiger charge is 2.39. The second kappa shape index (κ2) is 5.78. The van der Waals surface area contributed by atoms with E-state index in [-0.39, 0.29) is 17.7 Å². The minimum atomic E-state index is -0.261. The van der Waals surface area contributed by atoms with E-state index in [4.69, 9.17) is 0 Å². The Balaban J connectivity index is 1.56. The van der Waals surface area contributed by atoms with Crippen molar-refractivity contribution < 1.29 is 9.59 Å². The van der Waals surface area contributed by atoms with Crippen LogP contribution in [0.4, 0.5) is 11.4 Å². The molecule has 4 heteroatoms. The highest BCUT2D eigenvalue weighted by atomic mass is 16.2. The first-order valence-corrected chi connectivity index (χ1v) is 8.40. The van der Waals surface area contributed by atoms with E-state index in [0.717, 1.165) is 23.4 Å². The number of rotatable bonds is 2. The van der Waals surface area contributed by atoms with Crippen LogP contribution in [0.1, 0.15) is 17.5 Å². The van der Waals surface area contributed by atoms with Crippen molar-refractivity contribution in [1.29, 1.82) is 0 Å². The molecule has 1 atom stereocenters. The fourth-order valence-electron chi connectivity index (χ4n) is 3.76. The van der Waals surface area contributed by atoms with Crippen LogP contribution in [-0.4, -0.2) is 24.9 Å². The number of hydrogen-bond donors (Lipinski definition) is 0. The molecule has 0 bridgehead atoms. The third-order valence-corrected chi connectivity index (χ3v) is 5.03. The molecule has 0 aromatic heterocycles. The number of carbonyl (C=O) groups excluding carboxylic acids is 2. The standard InChI is InChI=1S/C20H20N2O2/c1-14-6-2-4-8-17(14)22-13-16(12-19(22)23)20(24)21-11-10-15-7-3-5-9-18(15)21/h2-9,16H,10-13H2,1H3/t16-/m0/s1. The summed E-state index contributed by atoms with van der Waals surface area (Å²) in [5.41, 5.74) is 4.19. The van der Waals surface area contributed by atoms with Gasteiger partial charge >= 0.3 is 0 Å². The van der Waals surface area contributed by atoms with Crippen LogP contribution >= 0.6 is 0 Å². The van der Waals surface area contributed by atoms with Crippen molar-refractivity contribution in [3.8, 4) is 0 Å². The van der Waals surface area contributed by atoms with Crippen LogP contribution in [-0.2, 0) is 16.0 Å². The summed E-state index contributed by atoms with van der Waals surface area (Å²) < 4.78 is 0. The molecule has 0 spiro atoms. The average Bonchev–Trinajstić information content (AvgIpc) is 3.18. The Hall–Kier alpha value is -2.62. The molecule has 2 aliphatic heterocycles. The quantitative estimate of drug-likeness (QED) is 0.853. The van der Waals surface area contributed by atoms with Gasteiger partial charge in [-0.15, -0.1) is 0 Å². The van der Waals surface area contributed by atoms with E-state index in [2.05, 4.69) is 6.07 Å². The number of fused-ring (bicyclic) bond motifs is 1. The molecule has 0 radical (unpaired) electrons. The van der Waals surface area contributed by atoms with E-state index in [1.165, 1.54) is 5.56 Å². The lowest BCUT2D eigenvalue weighted by molar-refractivity contribution is -0.124. The SMILES string of the molecule is Cc1ccccc1N1C[C@@H](C(=O)N2CCc3ccccc32)CC1=O. The summed E-state index contributed by atoms with van der Waals surface area (Å²) in [6.07, 6.45) is 1.19. The zero-order chi connectivity index (χ0) is 16.7. The van der Waals surface area contributed by atoms with Gasteiger partial charge in [-0.2, -0.15) is 0 Å². The van der Waals surface area contributed by atoms with Crippen molar-refractivity contribution in [1.82, 2.24) is 0 Å². The van der Waals surface area contributed by atoms with Crippen molar-refractivity contribution in [2.75, 3.05) is 22.9 Å². The number of carbonyl (C=O) groups is 2. The van der Waals surface area contributed by atoms with Crippen molar-refractivity contribution in [2.45, 2.75) is 19.8 Å². The van der Waals surface area contributed by atoms with E-state index >= 15 is 0 Å². The number of amides is 2. The third kappa shape index (κ3) is 2.39. The van der Waals surface area contributed by atoms with Gasteiger partial charge in [-0.3, -0.25) is 9.59 Å². The van der Waals surface area contributed by atoms with Crippen molar-refractivity contribution in [2.24, 2.45) is 5.92 Å². The largest absolute Gasteiger partial charge is 0.312 e. The second-order valence-electron chi connectivity index (χ2n) is 6.56. The van der Waals surface area contributed by atoms with E-state index in [1.807, 2.05) is 54.3 Å². The van der Waals surface area contributed by atoms with Crippen molar-refractivity contribution >= 4 is 23.2 Å². The first kappa shape index (κ1) is 14.9. The van der Waals surface area contributed by atoms with Crippen LogP contribution in [0.15, 0.2) is 48.5 Å². The topological polar surface area (TPSA) is 40.6 Å². The number of benzene rings is 2. The van der Waals surface area contributed by atoms with Crippen LogP contribution in [0.25, 0.3) is 0 Å². The van der Waals surface area contributed by atoms with Gasteiger partial charge in [0.15, 0.2) is 0 Å². The Morgan fingerprint density at radius 1 is 1.04 bits per heavy atom. The molecule has 1 fully saturated rings. The van der Waals surface area contributed by atoms with Crippen LogP contribution in [0.5, 0.6) is 0 Å². The van der Waals surface area contributed by atoms with Gasteiger partial charge in [-0.05, 0) is 36.6 Å². The smallest absolute Gasteiger partial charge is 0.232 e. The van der Waals surface area contributed by atoms with Crippen molar-refractivity contribution in [3.63, 3.8) is 0 Å². The maximum atomic E-state index is 13.0. The van der Waals surface area contributed by atoms with Crippen LogP contribution < -0.4 is 9.80 Å². The number of nitrogens with zero attached hydrogens (tertiary/aromatic N) is 2. The zero-order valence-corrected chi connectivity index (χ0v) is 13.7. The Morgan fingerprint density at radius 3 is 2.54 bits per heavy atom. The van der Waals surface area contributed by atoms with Crippen LogP contribution in [0, 0.1) is 12.8 Å². The minimum absolute atomic E-state index is 0.0372. The Morgan fingerprint density at radius 2 is 1.75 bits per heavy atom. The summed E-state index contributed by atoms with van der Waals surface area (Å²) in [7, 11) is 0. The summed E-state index contributed by atoms with van der Waals surface area (Å²) >= 11 is 0. The molecule has 0 N–H and O–H groups in total. The molecule has 4 rings (SSSR count). The van der Waals surface area contributed by atoms with E-state index in [0.29, 0.717) is 19.5 Å². The molecular formula is C20H20N2O2. The zero-order valence-electron chi connectivity index (χ0n) is 13.7. The summed E-state index contributed by atoms with van der Waals surface area (Å²) in [5.74, 6) is -0.150. The Labute approximate surface area is 141 Å². The van der Waals surface area contributed by atoms with Gasteiger partial charge < -0.3 is 9.80 Å². The highest BCUT2D eigenvalue weighted by Crippen LogP contribution is 2.33. The molecule has 4 nitrogen and oxygen atoms in total. The fraction of sp³-hybridized carbons (Fsp3) is 0.300. The first-order valence-electron chi connectivity index (χ1n) is 8.40. The molecule has 2 aliphatic rings. The maximum Gasteiger partial charge on any atom is 0.232 e. The van der Waals surface area contributed by atoms with Crippen LogP contribution in [0.3, 0.4) is 0 Å². The molecule has 2 aromatic rings. The molecule has 2 amide bonds. The lowest BCUT2D eigenvalue weighted by Crippen LogP contribution is -2.36. The Kier molecular flexibility index (Phi) is 3.60. The summed E-state index contributed by atoms with van der Waals surface area (Å²) in [5, 5.41) is 0. The van der Waals surface area contributed by atoms with Crippen LogP contribution in [0.2, 0.25) is 0 Å². The van der Waals surface area contributed by atoms with Gasteiger partial charge in [0.2, 0.25) is 11.8 Å². The fourth-order valence-corrected chi connectivity index (χ4v) is 3.76. The lowest BCUT2D eigenvalue weighted by atomic mass is 10.1. The predicted molar refractivity (Wildman–Crippen MR) is 94.1 cm³/mol. The minimum Gasteiger partial charge on any atom is -0.312 e. The first-order chi connectivity index (χ1) is 11.6. The number of aryl methyl sites for hydroxylation is 1. The molecule has 0 saturated carbocycles. The van der Waals surface area contributed by atoms with Crippen molar-refractivity contribution in [3.05, 3.63) is 59.7 Å². The van der Waals surface area contributed by atoms with Gasteiger partial charge in [-0.25, -0.2) is 0 Å². The van der Waals surface area contributed by atoms with Gasteiger partial charge in [-0.1, -0.05) is 36.4 Å². The molecule has 24 heavy (non-hydrogen) atoms. The van der Waals surface area contributed by atoms with E-state index < -0.39 is 0 Å². The Bertz CT molecular complexity index is 815. The third-order valence-electron chi connectivity index (χ3n) is 5.03. The predicted octanol–water partition coefficient (Wildman–Crippen LogP) is 2.94. The molecule has 0 aliphatic carbocycles. The normalized spacial score (nSPS) is 19.7. The molecule has 2 heterocycles. The average molecular weight is 320 g/mol. The summed E-state index contributed by atoms with van der Waals surface area (Å²) in [6.45, 7) is 3.18. The van der Waals surface area contributed by atoms with E-state index in [9.17, 15) is 9.59 Å². The second-order valence-corrected chi connectivity index (χ2v) is 6.56. The molecule has 1 saturated heterocycles. The molecular weight excluding hydrogens is 300 g/mol. The lowest BCUT2D eigenvalue weighted by Gasteiger charge is -2.22. The maximum absolute atomic E-state index is 13.0. The number of hydrogen-bond acceptors (Lipinski definition) is 2. The number of para-hydroxylation sites is 2. The van der Waals surface area contributed by atoms with Gasteiger partial charge in [0, 0.05) is 30.9 Å². The highest BCUT2D eigenvalue weighted by molar-refractivity contribution is 6.05. The molecule has 2 aromatic carbocycles. The molecule has 122 valence electrons. The summed E-state index contributed by atoms with van der Waals surface area (Å²) in [6, 6.07) is 15.9. The van der Waals surface area contributed by atoms with Gasteiger partial charge in [0.05, 0.1) is 5.92 Å².